The molecule has 3 heterocycles. The Bertz CT molecular complexity index is 1160. The van der Waals surface area contributed by atoms with E-state index >= 15 is 0 Å². The molecule has 184 valence electrons. The van der Waals surface area contributed by atoms with Crippen LogP contribution in [0.2, 0.25) is 0 Å². The molecule has 0 unspecified atom stereocenters. The average Bonchev–Trinajstić information content (AvgIpc) is 2.91. The van der Waals surface area contributed by atoms with E-state index < -0.39 is 0 Å². The van der Waals surface area contributed by atoms with Crippen molar-refractivity contribution in [1.29, 1.82) is 0 Å². The molecule has 1 aromatic carbocycles. The van der Waals surface area contributed by atoms with Gasteiger partial charge in [-0.1, -0.05) is 24.3 Å². The van der Waals surface area contributed by atoms with Crippen molar-refractivity contribution in [2.24, 2.45) is 0 Å². The molecule has 35 heavy (non-hydrogen) atoms. The number of nitrogens with zero attached hydrogens (tertiary/aromatic N) is 6. The molecule has 1 aliphatic heterocycles. The number of anilines is 2. The third-order valence-electron chi connectivity index (χ3n) is 6.24. The number of piperazine rings is 1. The van der Waals surface area contributed by atoms with E-state index in [2.05, 4.69) is 15.0 Å². The van der Waals surface area contributed by atoms with E-state index in [1.807, 2.05) is 65.4 Å². The molecule has 0 saturated carbocycles. The van der Waals surface area contributed by atoms with Crippen LogP contribution in [0.25, 0.3) is 5.69 Å². The molecule has 9 heteroatoms. The summed E-state index contributed by atoms with van der Waals surface area (Å²) < 4.78 is 6.48. The molecule has 0 atom stereocenters. The van der Waals surface area contributed by atoms with Crippen LogP contribution in [0.4, 0.5) is 11.4 Å². The van der Waals surface area contributed by atoms with Gasteiger partial charge >= 0.3 is 0 Å². The molecule has 9 nitrogen and oxygen atoms in total. The molecule has 3 aromatic rings. The van der Waals surface area contributed by atoms with Crippen molar-refractivity contribution in [2.45, 2.75) is 12.8 Å². The highest BCUT2D eigenvalue weighted by Gasteiger charge is 2.26. The Kier molecular flexibility index (Phi) is 8.10. The summed E-state index contributed by atoms with van der Waals surface area (Å²) in [6.07, 6.45) is 4.64. The van der Waals surface area contributed by atoms with Gasteiger partial charge in [-0.25, -0.2) is 0 Å². The number of likely N-dealkylation sites (N-methyl/N-ethyl adjacent to an activating group) is 1. The Balaban J connectivity index is 1.59. The SMILES string of the molecule is COCCC(=O)N1CCN(c2cnn(-c3ccccc3)c(=O)c2N(C)CCc2ccccn2)CC1. The number of hydrogen-bond acceptors (Lipinski definition) is 7. The number of aromatic nitrogens is 3. The predicted molar refractivity (Wildman–Crippen MR) is 136 cm³/mol. The van der Waals surface area contributed by atoms with Gasteiger partial charge in [-0.2, -0.15) is 9.78 Å². The molecular weight excluding hydrogens is 444 g/mol. The maximum Gasteiger partial charge on any atom is 0.297 e. The van der Waals surface area contributed by atoms with Crippen molar-refractivity contribution in [1.82, 2.24) is 19.7 Å². The number of carbonyl (C=O) groups excluding carboxylic acids is 1. The summed E-state index contributed by atoms with van der Waals surface area (Å²) in [5, 5.41) is 4.51. The highest BCUT2D eigenvalue weighted by atomic mass is 16.5. The van der Waals surface area contributed by atoms with Crippen LogP contribution in [-0.4, -0.2) is 79.1 Å². The van der Waals surface area contributed by atoms with Crippen LogP contribution in [0.15, 0.2) is 65.7 Å². The first-order valence-electron chi connectivity index (χ1n) is 11.9. The molecule has 0 bridgehead atoms. The van der Waals surface area contributed by atoms with Gasteiger partial charge in [0, 0.05) is 65.2 Å². The second-order valence-electron chi connectivity index (χ2n) is 8.53. The monoisotopic (exact) mass is 476 g/mol. The van der Waals surface area contributed by atoms with E-state index in [1.165, 1.54) is 4.68 Å². The number of carbonyl (C=O) groups is 1. The van der Waals surface area contributed by atoms with Crippen molar-refractivity contribution in [3.63, 3.8) is 0 Å². The largest absolute Gasteiger partial charge is 0.384 e. The van der Waals surface area contributed by atoms with Crippen molar-refractivity contribution in [3.05, 3.63) is 77.0 Å². The third kappa shape index (κ3) is 5.86. The van der Waals surface area contributed by atoms with Crippen molar-refractivity contribution in [3.8, 4) is 5.69 Å². The maximum absolute atomic E-state index is 13.7. The van der Waals surface area contributed by atoms with Crippen LogP contribution < -0.4 is 15.4 Å². The summed E-state index contributed by atoms with van der Waals surface area (Å²) in [4.78, 5) is 36.5. The zero-order valence-corrected chi connectivity index (χ0v) is 20.3. The minimum Gasteiger partial charge on any atom is -0.384 e. The van der Waals surface area contributed by atoms with Crippen molar-refractivity contribution >= 4 is 17.3 Å². The molecule has 0 spiro atoms. The number of rotatable bonds is 9. The number of amides is 1. The van der Waals surface area contributed by atoms with Gasteiger partial charge in [-0.05, 0) is 24.3 Å². The predicted octanol–water partition coefficient (Wildman–Crippen LogP) is 1.99. The highest BCUT2D eigenvalue weighted by Crippen LogP contribution is 2.26. The van der Waals surface area contributed by atoms with Gasteiger partial charge in [-0.15, -0.1) is 0 Å². The van der Waals surface area contributed by atoms with E-state index in [0.29, 0.717) is 57.9 Å². The second kappa shape index (κ2) is 11.6. The van der Waals surface area contributed by atoms with Crippen LogP contribution in [0.1, 0.15) is 12.1 Å². The molecule has 0 radical (unpaired) electrons. The van der Waals surface area contributed by atoms with Crippen LogP contribution in [0.3, 0.4) is 0 Å². The zero-order chi connectivity index (χ0) is 24.6. The van der Waals surface area contributed by atoms with E-state index in [9.17, 15) is 9.59 Å². The number of pyridine rings is 1. The molecule has 0 aliphatic carbocycles. The molecule has 4 rings (SSSR count). The topological polar surface area (TPSA) is 83.8 Å². The van der Waals surface area contributed by atoms with Gasteiger partial charge in [0.1, 0.15) is 5.69 Å². The summed E-state index contributed by atoms with van der Waals surface area (Å²) in [6.45, 7) is 3.52. The molecule has 1 saturated heterocycles. The smallest absolute Gasteiger partial charge is 0.297 e. The minimum atomic E-state index is -0.171. The molecule has 1 amide bonds. The lowest BCUT2D eigenvalue weighted by Crippen LogP contribution is -2.49. The first-order valence-corrected chi connectivity index (χ1v) is 11.9. The fourth-order valence-corrected chi connectivity index (χ4v) is 4.26. The quantitative estimate of drug-likeness (QED) is 0.467. The van der Waals surface area contributed by atoms with Gasteiger partial charge in [0.2, 0.25) is 5.91 Å². The molecule has 1 fully saturated rings. The lowest BCUT2D eigenvalue weighted by Gasteiger charge is -2.37. The Morgan fingerprint density at radius 3 is 2.49 bits per heavy atom. The Morgan fingerprint density at radius 1 is 1.06 bits per heavy atom. The third-order valence-corrected chi connectivity index (χ3v) is 6.24. The molecular formula is C26H32N6O3. The number of ether oxygens (including phenoxy) is 1. The minimum absolute atomic E-state index is 0.0943. The summed E-state index contributed by atoms with van der Waals surface area (Å²) in [7, 11) is 3.53. The molecule has 1 aliphatic rings. The highest BCUT2D eigenvalue weighted by molar-refractivity contribution is 5.77. The van der Waals surface area contributed by atoms with Crippen LogP contribution in [0.5, 0.6) is 0 Å². The van der Waals surface area contributed by atoms with Crippen molar-refractivity contribution < 1.29 is 9.53 Å². The second-order valence-corrected chi connectivity index (χ2v) is 8.53. The summed E-state index contributed by atoms with van der Waals surface area (Å²) in [6, 6.07) is 15.3. The maximum atomic E-state index is 13.7. The van der Waals surface area contributed by atoms with Crippen molar-refractivity contribution in [2.75, 3.05) is 63.3 Å². The number of para-hydroxylation sites is 1. The summed E-state index contributed by atoms with van der Waals surface area (Å²) in [5.41, 5.74) is 2.91. The van der Waals surface area contributed by atoms with Gasteiger partial charge in [0.25, 0.3) is 5.56 Å². The normalized spacial score (nSPS) is 13.7. The number of benzene rings is 1. The van der Waals surface area contributed by atoms with Crippen LogP contribution in [0, 0.1) is 0 Å². The standard InChI is InChI=1S/C26H32N6O3/c1-29(14-11-21-8-6-7-13-27-21)25-23(20-28-32(26(25)34)22-9-4-3-5-10-22)30-15-17-31(18-16-30)24(33)12-19-35-2/h3-10,13,20H,11-12,14-19H2,1-2H3. The fraction of sp³-hybridized carbons (Fsp3) is 0.385. The van der Waals surface area contributed by atoms with Gasteiger partial charge in [0.05, 0.1) is 30.6 Å². The Hall–Kier alpha value is -3.72. The Labute approximate surface area is 205 Å². The number of hydrogen-bond donors (Lipinski definition) is 0. The first kappa shape index (κ1) is 24.4. The first-order chi connectivity index (χ1) is 17.1. The summed E-state index contributed by atoms with van der Waals surface area (Å²) in [5.74, 6) is 0.0943. The summed E-state index contributed by atoms with van der Waals surface area (Å²) >= 11 is 0. The van der Waals surface area contributed by atoms with Crippen LogP contribution in [-0.2, 0) is 16.0 Å². The van der Waals surface area contributed by atoms with E-state index in [0.717, 1.165) is 17.1 Å². The molecule has 2 aromatic heterocycles. The lowest BCUT2D eigenvalue weighted by molar-refractivity contribution is -0.132. The average molecular weight is 477 g/mol. The van der Waals surface area contributed by atoms with E-state index in [4.69, 9.17) is 4.74 Å². The van der Waals surface area contributed by atoms with Gasteiger partial charge in [0.15, 0.2) is 0 Å². The molecule has 0 N–H and O–H groups in total. The van der Waals surface area contributed by atoms with Gasteiger partial charge < -0.3 is 19.4 Å². The number of methoxy groups -OCH3 is 1. The van der Waals surface area contributed by atoms with E-state index in [-0.39, 0.29) is 11.5 Å². The Morgan fingerprint density at radius 2 is 1.80 bits per heavy atom. The lowest BCUT2D eigenvalue weighted by atomic mass is 10.2. The fourth-order valence-electron chi connectivity index (χ4n) is 4.26. The van der Waals surface area contributed by atoms with E-state index in [1.54, 1.807) is 19.5 Å². The van der Waals surface area contributed by atoms with Crippen LogP contribution >= 0.6 is 0 Å². The van der Waals surface area contributed by atoms with Gasteiger partial charge in [-0.3, -0.25) is 14.6 Å². The zero-order valence-electron chi connectivity index (χ0n) is 20.3.